The summed E-state index contributed by atoms with van der Waals surface area (Å²) in [5.41, 5.74) is -2.52. The van der Waals surface area contributed by atoms with E-state index < -0.39 is 29.3 Å². The highest BCUT2D eigenvalue weighted by atomic mass is 19.4. The second-order valence-corrected chi connectivity index (χ2v) is 4.15. The molecule has 0 atom stereocenters. The van der Waals surface area contributed by atoms with Crippen LogP contribution in [0.25, 0.3) is 0 Å². The third kappa shape index (κ3) is 2.15. The molecule has 1 aromatic rings. The van der Waals surface area contributed by atoms with Crippen LogP contribution < -0.4 is 0 Å². The molecule has 0 aromatic carbocycles. The fraction of sp³-hybridized carbons (Fsp3) is 0.500. The summed E-state index contributed by atoms with van der Waals surface area (Å²) in [6.07, 6.45) is -3.66. The summed E-state index contributed by atoms with van der Waals surface area (Å²) in [4.78, 5) is 16.9. The number of alkyl halides is 3. The van der Waals surface area contributed by atoms with E-state index in [0.29, 0.717) is 6.42 Å². The van der Waals surface area contributed by atoms with Crippen molar-refractivity contribution in [2.75, 3.05) is 0 Å². The zero-order valence-corrected chi connectivity index (χ0v) is 9.03. The van der Waals surface area contributed by atoms with Gasteiger partial charge >= 0.3 is 12.1 Å². The molecule has 1 aliphatic rings. The van der Waals surface area contributed by atoms with E-state index in [4.69, 9.17) is 5.11 Å². The van der Waals surface area contributed by atoms with Gasteiger partial charge in [-0.15, -0.1) is 0 Å². The molecule has 1 aromatic heterocycles. The number of aromatic carboxylic acids is 1. The summed E-state index contributed by atoms with van der Waals surface area (Å²) in [5.74, 6) is -3.13. The number of carboxylic acids is 1. The lowest BCUT2D eigenvalue weighted by atomic mass is 9.77. The Morgan fingerprint density at radius 1 is 1.33 bits per heavy atom. The highest BCUT2D eigenvalue weighted by molar-refractivity contribution is 5.85. The van der Waals surface area contributed by atoms with Gasteiger partial charge < -0.3 is 10.2 Å². The normalized spacial score (nSPS) is 18.2. The van der Waals surface area contributed by atoms with Crippen LogP contribution in [0.1, 0.15) is 41.3 Å². The van der Waals surface area contributed by atoms with Crippen molar-refractivity contribution in [2.45, 2.75) is 31.0 Å². The first-order chi connectivity index (χ1) is 8.22. The number of nitrogens with zero attached hydrogens (tertiary/aromatic N) is 2. The first-order valence-corrected chi connectivity index (χ1v) is 5.15. The molecule has 2 N–H and O–H groups in total. The zero-order chi connectivity index (χ0) is 13.6. The van der Waals surface area contributed by atoms with Crippen molar-refractivity contribution in [1.82, 2.24) is 9.97 Å². The topological polar surface area (TPSA) is 83.3 Å². The van der Waals surface area contributed by atoms with Crippen LogP contribution in [-0.2, 0) is 11.8 Å². The molecule has 1 saturated carbocycles. The maximum atomic E-state index is 12.5. The Balaban J connectivity index is 2.53. The Hall–Kier alpha value is -1.70. The minimum atomic E-state index is -4.85. The van der Waals surface area contributed by atoms with Gasteiger partial charge in [-0.1, -0.05) is 0 Å². The predicted molar refractivity (Wildman–Crippen MR) is 51.7 cm³/mol. The standard InChI is InChI=1S/C10H9F3N2O3/c11-10(12,13)8-14-5(7(16)17)4-6(15-8)9(18)2-1-3-9/h4,18H,1-3H2,(H,16,17). The second-order valence-electron chi connectivity index (χ2n) is 4.15. The molecule has 0 amide bonds. The van der Waals surface area contributed by atoms with Crippen molar-refractivity contribution >= 4 is 5.97 Å². The van der Waals surface area contributed by atoms with Gasteiger partial charge in [-0.2, -0.15) is 13.2 Å². The van der Waals surface area contributed by atoms with Gasteiger partial charge in [0, 0.05) is 0 Å². The van der Waals surface area contributed by atoms with Gasteiger partial charge in [0.2, 0.25) is 5.82 Å². The van der Waals surface area contributed by atoms with Crippen LogP contribution in [-0.4, -0.2) is 26.2 Å². The highest BCUT2D eigenvalue weighted by Gasteiger charge is 2.42. The monoisotopic (exact) mass is 262 g/mol. The van der Waals surface area contributed by atoms with E-state index in [9.17, 15) is 23.1 Å². The lowest BCUT2D eigenvalue weighted by molar-refractivity contribution is -0.145. The average Bonchev–Trinajstić information content (AvgIpc) is 2.24. The molecule has 1 fully saturated rings. The van der Waals surface area contributed by atoms with Crippen molar-refractivity contribution in [3.63, 3.8) is 0 Å². The molecule has 0 radical (unpaired) electrons. The van der Waals surface area contributed by atoms with E-state index >= 15 is 0 Å². The van der Waals surface area contributed by atoms with E-state index in [1.807, 2.05) is 0 Å². The second kappa shape index (κ2) is 3.91. The lowest BCUT2D eigenvalue weighted by Gasteiger charge is -2.36. The van der Waals surface area contributed by atoms with Gasteiger partial charge in [0.1, 0.15) is 5.60 Å². The molecular weight excluding hydrogens is 253 g/mol. The zero-order valence-electron chi connectivity index (χ0n) is 9.03. The van der Waals surface area contributed by atoms with E-state index in [1.165, 1.54) is 0 Å². The number of hydrogen-bond donors (Lipinski definition) is 2. The van der Waals surface area contributed by atoms with Crippen molar-refractivity contribution in [2.24, 2.45) is 0 Å². The third-order valence-corrected chi connectivity index (χ3v) is 2.86. The SMILES string of the molecule is O=C(O)c1cc(C2(O)CCC2)nc(C(F)(F)F)n1. The molecule has 18 heavy (non-hydrogen) atoms. The smallest absolute Gasteiger partial charge is 0.451 e. The summed E-state index contributed by atoms with van der Waals surface area (Å²) < 4.78 is 37.6. The maximum absolute atomic E-state index is 12.5. The Labute approximate surface area is 99.3 Å². The minimum absolute atomic E-state index is 0.264. The quantitative estimate of drug-likeness (QED) is 0.845. The summed E-state index contributed by atoms with van der Waals surface area (Å²) in [6.45, 7) is 0. The Morgan fingerprint density at radius 3 is 2.33 bits per heavy atom. The van der Waals surface area contributed by atoms with Crippen LogP contribution in [0.15, 0.2) is 6.07 Å². The minimum Gasteiger partial charge on any atom is -0.477 e. The number of halogens is 3. The van der Waals surface area contributed by atoms with Crippen LogP contribution in [0, 0.1) is 0 Å². The van der Waals surface area contributed by atoms with E-state index in [1.54, 1.807) is 0 Å². The van der Waals surface area contributed by atoms with Gasteiger partial charge in [0.05, 0.1) is 5.69 Å². The summed E-state index contributed by atoms with van der Waals surface area (Å²) in [5, 5.41) is 18.6. The maximum Gasteiger partial charge on any atom is 0.451 e. The number of rotatable bonds is 2. The Bertz CT molecular complexity index is 498. The van der Waals surface area contributed by atoms with Gasteiger partial charge in [0.25, 0.3) is 0 Å². The van der Waals surface area contributed by atoms with Crippen molar-refractivity contribution in [3.8, 4) is 0 Å². The summed E-state index contributed by atoms with van der Waals surface area (Å²) in [6, 6.07) is 0.886. The Morgan fingerprint density at radius 2 is 1.94 bits per heavy atom. The molecule has 8 heteroatoms. The highest BCUT2D eigenvalue weighted by Crippen LogP contribution is 2.41. The number of hydrogen-bond acceptors (Lipinski definition) is 4. The summed E-state index contributed by atoms with van der Waals surface area (Å²) >= 11 is 0. The van der Waals surface area contributed by atoms with Gasteiger partial charge in [-0.3, -0.25) is 0 Å². The van der Waals surface area contributed by atoms with Gasteiger partial charge in [-0.25, -0.2) is 14.8 Å². The molecule has 0 unspecified atom stereocenters. The largest absolute Gasteiger partial charge is 0.477 e. The molecule has 2 rings (SSSR count). The van der Waals surface area contributed by atoms with Gasteiger partial charge in [0.15, 0.2) is 5.69 Å². The first-order valence-electron chi connectivity index (χ1n) is 5.15. The summed E-state index contributed by atoms with van der Waals surface area (Å²) in [7, 11) is 0. The van der Waals surface area contributed by atoms with Crippen LogP contribution in [0.2, 0.25) is 0 Å². The number of aromatic nitrogens is 2. The molecule has 0 aliphatic heterocycles. The molecular formula is C10H9F3N2O3. The molecule has 1 heterocycles. The molecule has 5 nitrogen and oxygen atoms in total. The molecule has 0 spiro atoms. The van der Waals surface area contributed by atoms with E-state index in [2.05, 4.69) is 9.97 Å². The van der Waals surface area contributed by atoms with Gasteiger partial charge in [-0.05, 0) is 25.3 Å². The molecule has 98 valence electrons. The van der Waals surface area contributed by atoms with Crippen molar-refractivity contribution < 1.29 is 28.2 Å². The van der Waals surface area contributed by atoms with Crippen molar-refractivity contribution in [3.05, 3.63) is 23.3 Å². The molecule has 0 bridgehead atoms. The Kier molecular flexibility index (Phi) is 2.77. The average molecular weight is 262 g/mol. The molecule has 1 aliphatic carbocycles. The number of carboxylic acid groups (broad SMARTS) is 1. The van der Waals surface area contributed by atoms with Crippen molar-refractivity contribution in [1.29, 1.82) is 0 Å². The van der Waals surface area contributed by atoms with Crippen LogP contribution in [0.4, 0.5) is 13.2 Å². The predicted octanol–water partition coefficient (Wildman–Crippen LogP) is 1.57. The fourth-order valence-corrected chi connectivity index (χ4v) is 1.69. The number of aliphatic hydroxyl groups is 1. The van der Waals surface area contributed by atoms with E-state index in [-0.39, 0.29) is 18.5 Å². The third-order valence-electron chi connectivity index (χ3n) is 2.86. The number of carbonyl (C=O) groups is 1. The van der Waals surface area contributed by atoms with Crippen LogP contribution in [0.3, 0.4) is 0 Å². The van der Waals surface area contributed by atoms with Crippen LogP contribution >= 0.6 is 0 Å². The lowest BCUT2D eigenvalue weighted by Crippen LogP contribution is -2.36. The first kappa shape index (κ1) is 12.7. The molecule has 0 saturated heterocycles. The van der Waals surface area contributed by atoms with E-state index in [0.717, 1.165) is 6.07 Å². The fourth-order valence-electron chi connectivity index (χ4n) is 1.69. The van der Waals surface area contributed by atoms with Crippen LogP contribution in [0.5, 0.6) is 0 Å².